The van der Waals surface area contributed by atoms with Gasteiger partial charge in [-0.2, -0.15) is 0 Å². The summed E-state index contributed by atoms with van der Waals surface area (Å²) in [5.74, 6) is -0.297. The second kappa shape index (κ2) is 5.73. The molecule has 0 aromatic heterocycles. The lowest BCUT2D eigenvalue weighted by Gasteiger charge is -2.23. The van der Waals surface area contributed by atoms with Crippen molar-refractivity contribution >= 4 is 12.0 Å². The highest BCUT2D eigenvalue weighted by atomic mass is 16.6. The maximum atomic E-state index is 12.1. The Morgan fingerprint density at radius 3 is 2.42 bits per heavy atom. The summed E-state index contributed by atoms with van der Waals surface area (Å²) in [7, 11) is 1.48. The Labute approximate surface area is 113 Å². The van der Waals surface area contributed by atoms with Gasteiger partial charge in [0.2, 0.25) is 0 Å². The number of hydrazine groups is 1. The summed E-state index contributed by atoms with van der Waals surface area (Å²) >= 11 is 0. The first-order valence-electron chi connectivity index (χ1n) is 6.03. The van der Waals surface area contributed by atoms with Crippen LogP contribution in [0.4, 0.5) is 4.79 Å². The van der Waals surface area contributed by atoms with E-state index in [1.54, 1.807) is 39.0 Å². The molecule has 2 amide bonds. The van der Waals surface area contributed by atoms with Gasteiger partial charge in [0, 0.05) is 12.6 Å². The second-order valence-corrected chi connectivity index (χ2v) is 5.35. The average molecular weight is 264 g/mol. The molecule has 0 aliphatic rings. The van der Waals surface area contributed by atoms with Crippen LogP contribution in [0.1, 0.15) is 36.7 Å². The van der Waals surface area contributed by atoms with Crippen LogP contribution >= 0.6 is 0 Å². The van der Waals surface area contributed by atoms with E-state index < -0.39 is 11.7 Å². The highest BCUT2D eigenvalue weighted by Crippen LogP contribution is 2.08. The van der Waals surface area contributed by atoms with Crippen molar-refractivity contribution in [3.8, 4) is 0 Å². The first-order chi connectivity index (χ1) is 8.69. The monoisotopic (exact) mass is 264 g/mol. The van der Waals surface area contributed by atoms with Gasteiger partial charge in [0.05, 0.1) is 0 Å². The summed E-state index contributed by atoms with van der Waals surface area (Å²) in [5.41, 5.74) is 3.27. The third kappa shape index (κ3) is 4.99. The molecule has 0 saturated heterocycles. The van der Waals surface area contributed by atoms with E-state index in [1.807, 2.05) is 13.0 Å². The van der Waals surface area contributed by atoms with E-state index in [0.717, 1.165) is 10.6 Å². The van der Waals surface area contributed by atoms with Crippen molar-refractivity contribution < 1.29 is 14.3 Å². The van der Waals surface area contributed by atoms with E-state index >= 15 is 0 Å². The van der Waals surface area contributed by atoms with Gasteiger partial charge < -0.3 is 4.74 Å². The number of aryl methyl sites for hydroxylation is 1. The van der Waals surface area contributed by atoms with Gasteiger partial charge in [0.1, 0.15) is 5.60 Å². The molecule has 5 heteroatoms. The minimum Gasteiger partial charge on any atom is -0.443 e. The standard InChI is InChI=1S/C14H20N2O3/c1-10-7-6-8-11(9-10)12(17)16(5)15-13(18)19-14(2,3)4/h6-9H,1-5H3,(H,15,18). The predicted molar refractivity (Wildman–Crippen MR) is 72.6 cm³/mol. The number of carbonyl (C=O) groups excluding carboxylic acids is 2. The minimum absolute atomic E-state index is 0.297. The van der Waals surface area contributed by atoms with Crippen molar-refractivity contribution in [2.45, 2.75) is 33.3 Å². The van der Waals surface area contributed by atoms with Crippen LogP contribution in [0.3, 0.4) is 0 Å². The number of nitrogens with one attached hydrogen (secondary N) is 1. The lowest BCUT2D eigenvalue weighted by atomic mass is 10.1. The van der Waals surface area contributed by atoms with Crippen LogP contribution in [0.15, 0.2) is 24.3 Å². The number of rotatable bonds is 1. The van der Waals surface area contributed by atoms with Gasteiger partial charge in [-0.25, -0.2) is 10.2 Å². The Morgan fingerprint density at radius 1 is 1.26 bits per heavy atom. The van der Waals surface area contributed by atoms with E-state index in [1.165, 1.54) is 7.05 Å². The number of carbonyl (C=O) groups is 2. The second-order valence-electron chi connectivity index (χ2n) is 5.35. The number of benzene rings is 1. The molecule has 0 atom stereocenters. The van der Waals surface area contributed by atoms with Crippen molar-refractivity contribution in [1.82, 2.24) is 10.4 Å². The Hall–Kier alpha value is -2.04. The number of hydrogen-bond donors (Lipinski definition) is 1. The summed E-state index contributed by atoms with van der Waals surface area (Å²) in [6.07, 6.45) is -0.656. The van der Waals surface area contributed by atoms with Crippen molar-refractivity contribution in [2.75, 3.05) is 7.05 Å². The lowest BCUT2D eigenvalue weighted by Crippen LogP contribution is -2.45. The van der Waals surface area contributed by atoms with Crippen molar-refractivity contribution in [3.63, 3.8) is 0 Å². The SMILES string of the molecule is Cc1cccc(C(=O)N(C)NC(=O)OC(C)(C)C)c1. The van der Waals surface area contributed by atoms with E-state index in [9.17, 15) is 9.59 Å². The largest absolute Gasteiger partial charge is 0.443 e. The number of ether oxygens (including phenoxy) is 1. The lowest BCUT2D eigenvalue weighted by molar-refractivity contribution is 0.0334. The van der Waals surface area contributed by atoms with Gasteiger partial charge in [-0.1, -0.05) is 17.7 Å². The topological polar surface area (TPSA) is 58.6 Å². The highest BCUT2D eigenvalue weighted by molar-refractivity contribution is 5.94. The number of amides is 2. The number of nitrogens with zero attached hydrogens (tertiary/aromatic N) is 1. The quantitative estimate of drug-likeness (QED) is 0.793. The molecule has 0 fully saturated rings. The molecule has 0 heterocycles. The fourth-order valence-electron chi connectivity index (χ4n) is 1.46. The van der Waals surface area contributed by atoms with Gasteiger partial charge in [0.15, 0.2) is 0 Å². The molecule has 1 rings (SSSR count). The first-order valence-corrected chi connectivity index (χ1v) is 6.03. The molecule has 19 heavy (non-hydrogen) atoms. The van der Waals surface area contributed by atoms with Crippen LogP contribution in [0.2, 0.25) is 0 Å². The van der Waals surface area contributed by atoms with E-state index in [0.29, 0.717) is 5.56 Å². The summed E-state index contributed by atoms with van der Waals surface area (Å²) in [4.78, 5) is 23.6. The zero-order valence-corrected chi connectivity index (χ0v) is 12.0. The van der Waals surface area contributed by atoms with Crippen LogP contribution in [0.25, 0.3) is 0 Å². The molecule has 0 bridgehead atoms. The van der Waals surface area contributed by atoms with Crippen LogP contribution < -0.4 is 5.43 Å². The van der Waals surface area contributed by atoms with Crippen LogP contribution in [0.5, 0.6) is 0 Å². The zero-order valence-electron chi connectivity index (χ0n) is 12.0. The van der Waals surface area contributed by atoms with Crippen molar-refractivity contribution in [3.05, 3.63) is 35.4 Å². The molecule has 104 valence electrons. The fraction of sp³-hybridized carbons (Fsp3) is 0.429. The molecule has 0 saturated carbocycles. The predicted octanol–water partition coefficient (Wildman–Crippen LogP) is 2.51. The van der Waals surface area contributed by atoms with Gasteiger partial charge in [-0.3, -0.25) is 9.80 Å². The van der Waals surface area contributed by atoms with Crippen LogP contribution in [-0.4, -0.2) is 29.7 Å². The van der Waals surface area contributed by atoms with E-state index in [-0.39, 0.29) is 5.91 Å². The van der Waals surface area contributed by atoms with Gasteiger partial charge >= 0.3 is 6.09 Å². The van der Waals surface area contributed by atoms with Crippen LogP contribution in [0, 0.1) is 6.92 Å². The summed E-state index contributed by atoms with van der Waals surface area (Å²) in [5, 5.41) is 1.11. The molecule has 0 unspecified atom stereocenters. The molecule has 1 aromatic carbocycles. The molecular formula is C14H20N2O3. The molecule has 0 aliphatic heterocycles. The smallest absolute Gasteiger partial charge is 0.426 e. The van der Waals surface area contributed by atoms with Crippen molar-refractivity contribution in [1.29, 1.82) is 0 Å². The zero-order chi connectivity index (χ0) is 14.6. The van der Waals surface area contributed by atoms with E-state index in [4.69, 9.17) is 4.74 Å². The third-order valence-corrected chi connectivity index (χ3v) is 2.23. The number of hydrogen-bond acceptors (Lipinski definition) is 3. The minimum atomic E-state index is -0.656. The Bertz CT molecular complexity index is 478. The van der Waals surface area contributed by atoms with Gasteiger partial charge in [-0.15, -0.1) is 0 Å². The summed E-state index contributed by atoms with van der Waals surface area (Å²) in [6, 6.07) is 7.15. The maximum Gasteiger partial charge on any atom is 0.426 e. The fourth-order valence-corrected chi connectivity index (χ4v) is 1.46. The Morgan fingerprint density at radius 2 is 1.89 bits per heavy atom. The molecule has 5 nitrogen and oxygen atoms in total. The maximum absolute atomic E-state index is 12.1. The first kappa shape index (κ1) is 15.0. The normalized spacial score (nSPS) is 10.8. The average Bonchev–Trinajstić information content (AvgIpc) is 2.25. The molecule has 0 spiro atoms. The molecular weight excluding hydrogens is 244 g/mol. The molecule has 0 radical (unpaired) electrons. The molecule has 0 aliphatic carbocycles. The summed E-state index contributed by atoms with van der Waals surface area (Å²) in [6.45, 7) is 7.18. The van der Waals surface area contributed by atoms with E-state index in [2.05, 4.69) is 5.43 Å². The molecule has 1 aromatic rings. The summed E-state index contributed by atoms with van der Waals surface area (Å²) < 4.78 is 5.07. The van der Waals surface area contributed by atoms with Crippen molar-refractivity contribution in [2.24, 2.45) is 0 Å². The molecule has 1 N–H and O–H groups in total. The van der Waals surface area contributed by atoms with Crippen LogP contribution in [-0.2, 0) is 4.74 Å². The third-order valence-electron chi connectivity index (χ3n) is 2.23. The highest BCUT2D eigenvalue weighted by Gasteiger charge is 2.19. The Kier molecular flexibility index (Phi) is 4.53. The van der Waals surface area contributed by atoms with Gasteiger partial charge in [0.25, 0.3) is 5.91 Å². The Balaban J connectivity index is 2.66. The van der Waals surface area contributed by atoms with Gasteiger partial charge in [-0.05, 0) is 39.8 Å².